The van der Waals surface area contributed by atoms with Gasteiger partial charge in [0.1, 0.15) is 11.6 Å². The largest absolute Gasteiger partial charge is 0.496 e. The summed E-state index contributed by atoms with van der Waals surface area (Å²) in [5, 5.41) is 3.55. The fourth-order valence-electron chi connectivity index (χ4n) is 3.10. The molecular weight excluding hydrogens is 322 g/mol. The molecule has 1 heterocycles. The molecule has 0 fully saturated rings. The molecule has 0 radical (unpaired) electrons. The van der Waals surface area contributed by atoms with Gasteiger partial charge in [0.2, 0.25) is 0 Å². The number of methoxy groups -OCH3 is 1. The highest BCUT2D eigenvalue weighted by atomic mass is 16.5. The fraction of sp³-hybridized carbons (Fsp3) is 0.545. The van der Waals surface area contributed by atoms with E-state index in [4.69, 9.17) is 14.7 Å². The number of rotatable bonds is 8. The SMILES string of the molecule is CCc1nc(NC(CC)CC)c(C)nc1-c1ccc(C(C)C)cc1OC. The predicted molar refractivity (Wildman–Crippen MR) is 110 cm³/mol. The zero-order valence-electron chi connectivity index (χ0n) is 17.3. The van der Waals surface area contributed by atoms with Gasteiger partial charge in [-0.25, -0.2) is 9.97 Å². The second-order valence-corrected chi connectivity index (χ2v) is 7.08. The maximum absolute atomic E-state index is 5.68. The summed E-state index contributed by atoms with van der Waals surface area (Å²) >= 11 is 0. The minimum absolute atomic E-state index is 0.429. The van der Waals surface area contributed by atoms with Gasteiger partial charge in [0.05, 0.1) is 24.2 Å². The van der Waals surface area contributed by atoms with Crippen molar-refractivity contribution in [2.45, 2.75) is 72.8 Å². The van der Waals surface area contributed by atoms with Crippen LogP contribution >= 0.6 is 0 Å². The molecule has 1 aromatic heterocycles. The summed E-state index contributed by atoms with van der Waals surface area (Å²) in [7, 11) is 1.72. The van der Waals surface area contributed by atoms with Crippen molar-refractivity contribution in [1.29, 1.82) is 0 Å². The maximum atomic E-state index is 5.68. The topological polar surface area (TPSA) is 47.0 Å². The molecule has 0 atom stereocenters. The quantitative estimate of drug-likeness (QED) is 0.655. The molecule has 26 heavy (non-hydrogen) atoms. The molecule has 0 unspecified atom stereocenters. The number of aryl methyl sites for hydroxylation is 2. The molecule has 0 spiro atoms. The minimum Gasteiger partial charge on any atom is -0.496 e. The number of benzene rings is 1. The van der Waals surface area contributed by atoms with Crippen molar-refractivity contribution in [2.75, 3.05) is 12.4 Å². The third-order valence-electron chi connectivity index (χ3n) is 4.95. The third kappa shape index (κ3) is 4.35. The number of anilines is 1. The molecule has 4 nitrogen and oxygen atoms in total. The highest BCUT2D eigenvalue weighted by molar-refractivity contribution is 5.71. The van der Waals surface area contributed by atoms with Gasteiger partial charge in [-0.2, -0.15) is 0 Å². The number of aromatic nitrogens is 2. The molecule has 2 rings (SSSR count). The predicted octanol–water partition coefficient (Wildman–Crippen LogP) is 5.75. The first-order valence-corrected chi connectivity index (χ1v) is 9.77. The lowest BCUT2D eigenvalue weighted by atomic mass is 9.98. The van der Waals surface area contributed by atoms with Crippen LogP contribution in [0.15, 0.2) is 18.2 Å². The van der Waals surface area contributed by atoms with Gasteiger partial charge in [0, 0.05) is 11.6 Å². The summed E-state index contributed by atoms with van der Waals surface area (Å²) in [6.45, 7) is 12.9. The highest BCUT2D eigenvalue weighted by Crippen LogP contribution is 2.34. The van der Waals surface area contributed by atoms with Gasteiger partial charge < -0.3 is 10.1 Å². The van der Waals surface area contributed by atoms with Gasteiger partial charge in [-0.15, -0.1) is 0 Å². The molecule has 0 saturated heterocycles. The Kier molecular flexibility index (Phi) is 7.01. The second-order valence-electron chi connectivity index (χ2n) is 7.08. The van der Waals surface area contributed by atoms with Crippen molar-refractivity contribution < 1.29 is 4.74 Å². The lowest BCUT2D eigenvalue weighted by molar-refractivity contribution is 0.415. The number of nitrogens with zero attached hydrogens (tertiary/aromatic N) is 2. The van der Waals surface area contributed by atoms with Crippen molar-refractivity contribution in [2.24, 2.45) is 0 Å². The lowest BCUT2D eigenvalue weighted by Gasteiger charge is -2.19. The van der Waals surface area contributed by atoms with Crippen LogP contribution in [0.3, 0.4) is 0 Å². The molecule has 1 N–H and O–H groups in total. The van der Waals surface area contributed by atoms with E-state index in [0.29, 0.717) is 12.0 Å². The summed E-state index contributed by atoms with van der Waals surface area (Å²) < 4.78 is 5.68. The van der Waals surface area contributed by atoms with Gasteiger partial charge in [-0.05, 0) is 49.8 Å². The van der Waals surface area contributed by atoms with Crippen molar-refractivity contribution in [1.82, 2.24) is 9.97 Å². The minimum atomic E-state index is 0.429. The van der Waals surface area contributed by atoms with E-state index in [-0.39, 0.29) is 0 Å². The van der Waals surface area contributed by atoms with E-state index >= 15 is 0 Å². The molecule has 2 aromatic rings. The van der Waals surface area contributed by atoms with Crippen LogP contribution in [0.1, 0.15) is 70.3 Å². The van der Waals surface area contributed by atoms with Crippen molar-refractivity contribution in [3.8, 4) is 17.0 Å². The van der Waals surface area contributed by atoms with E-state index in [9.17, 15) is 0 Å². The average Bonchev–Trinajstić information content (AvgIpc) is 2.66. The lowest BCUT2D eigenvalue weighted by Crippen LogP contribution is -2.20. The second kappa shape index (κ2) is 9.02. The van der Waals surface area contributed by atoms with Crippen LogP contribution in [-0.2, 0) is 6.42 Å². The van der Waals surface area contributed by atoms with E-state index in [1.807, 2.05) is 6.92 Å². The molecule has 0 aliphatic rings. The van der Waals surface area contributed by atoms with Gasteiger partial charge in [-0.1, -0.05) is 40.7 Å². The van der Waals surface area contributed by atoms with Gasteiger partial charge in [0.15, 0.2) is 0 Å². The molecule has 4 heteroatoms. The van der Waals surface area contributed by atoms with Crippen LogP contribution in [0, 0.1) is 6.92 Å². The maximum Gasteiger partial charge on any atom is 0.148 e. The van der Waals surface area contributed by atoms with Gasteiger partial charge in [-0.3, -0.25) is 0 Å². The summed E-state index contributed by atoms with van der Waals surface area (Å²) in [5.74, 6) is 2.22. The van der Waals surface area contributed by atoms with E-state index in [0.717, 1.165) is 53.5 Å². The van der Waals surface area contributed by atoms with Crippen LogP contribution in [0.4, 0.5) is 5.82 Å². The summed E-state index contributed by atoms with van der Waals surface area (Å²) in [6.07, 6.45) is 2.98. The monoisotopic (exact) mass is 355 g/mol. The Morgan fingerprint density at radius 2 is 1.77 bits per heavy atom. The summed E-state index contributed by atoms with van der Waals surface area (Å²) in [5.41, 5.74) is 5.13. The number of hydrogen-bond acceptors (Lipinski definition) is 4. The summed E-state index contributed by atoms with van der Waals surface area (Å²) in [6, 6.07) is 6.82. The molecule has 0 aliphatic heterocycles. The first kappa shape index (κ1) is 20.2. The van der Waals surface area contributed by atoms with Crippen molar-refractivity contribution >= 4 is 5.82 Å². The fourth-order valence-corrected chi connectivity index (χ4v) is 3.10. The van der Waals surface area contributed by atoms with Crippen LogP contribution in [0.25, 0.3) is 11.3 Å². The molecule has 0 aliphatic carbocycles. The Bertz CT molecular complexity index is 736. The van der Waals surface area contributed by atoms with E-state index < -0.39 is 0 Å². The molecule has 1 aromatic carbocycles. The Morgan fingerprint density at radius 3 is 2.31 bits per heavy atom. The zero-order valence-corrected chi connectivity index (χ0v) is 17.3. The smallest absolute Gasteiger partial charge is 0.148 e. The van der Waals surface area contributed by atoms with Gasteiger partial charge in [0.25, 0.3) is 0 Å². The van der Waals surface area contributed by atoms with Crippen LogP contribution in [-0.4, -0.2) is 23.1 Å². The molecule has 142 valence electrons. The van der Waals surface area contributed by atoms with E-state index in [1.165, 1.54) is 5.56 Å². The van der Waals surface area contributed by atoms with Gasteiger partial charge >= 0.3 is 0 Å². The molecule has 0 amide bonds. The highest BCUT2D eigenvalue weighted by Gasteiger charge is 2.17. The Hall–Kier alpha value is -2.10. The summed E-state index contributed by atoms with van der Waals surface area (Å²) in [4.78, 5) is 9.82. The first-order chi connectivity index (χ1) is 12.4. The van der Waals surface area contributed by atoms with Crippen molar-refractivity contribution in [3.05, 3.63) is 35.2 Å². The molecular formula is C22H33N3O. The van der Waals surface area contributed by atoms with Crippen molar-refractivity contribution in [3.63, 3.8) is 0 Å². The Balaban J connectivity index is 2.51. The first-order valence-electron chi connectivity index (χ1n) is 9.77. The number of hydrogen-bond donors (Lipinski definition) is 1. The third-order valence-corrected chi connectivity index (χ3v) is 4.95. The van der Waals surface area contributed by atoms with E-state index in [2.05, 4.69) is 58.1 Å². The normalized spacial score (nSPS) is 11.3. The van der Waals surface area contributed by atoms with E-state index in [1.54, 1.807) is 7.11 Å². The molecule has 0 bridgehead atoms. The number of nitrogens with one attached hydrogen (secondary N) is 1. The zero-order chi connectivity index (χ0) is 19.3. The number of ether oxygens (including phenoxy) is 1. The van der Waals surface area contributed by atoms with Crippen LogP contribution in [0.5, 0.6) is 5.75 Å². The molecule has 0 saturated carbocycles. The Labute approximate surface area is 158 Å². The standard InChI is InChI=1S/C22H33N3O/c1-8-17(9-2)24-22-15(6)23-21(19(10-3)25-22)18-12-11-16(14(4)5)13-20(18)26-7/h11-14,17H,8-10H2,1-7H3,(H,24,25). The van der Waals surface area contributed by atoms with Crippen LogP contribution < -0.4 is 10.1 Å². The van der Waals surface area contributed by atoms with Crippen LogP contribution in [0.2, 0.25) is 0 Å². The average molecular weight is 356 g/mol. The Morgan fingerprint density at radius 1 is 1.08 bits per heavy atom.